The lowest BCUT2D eigenvalue weighted by atomic mass is 10.1. The summed E-state index contributed by atoms with van der Waals surface area (Å²) in [4.78, 5) is 44.6. The number of carbonyl (C=O) groups is 2. The van der Waals surface area contributed by atoms with Crippen LogP contribution in [0.3, 0.4) is 0 Å². The van der Waals surface area contributed by atoms with E-state index in [9.17, 15) is 19.5 Å². The third kappa shape index (κ3) is 3.22. The van der Waals surface area contributed by atoms with Crippen LogP contribution in [0.4, 0.5) is 4.79 Å². The normalized spacial score (nSPS) is 18.7. The van der Waals surface area contributed by atoms with Crippen molar-refractivity contribution < 1.29 is 19.4 Å². The number of likely N-dealkylation sites (tertiary alicyclic amines) is 1. The number of rotatable bonds is 2. The van der Waals surface area contributed by atoms with Crippen molar-refractivity contribution in [2.45, 2.75) is 32.4 Å². The number of para-hydroxylation sites is 1. The number of fused-ring (bicyclic) bond motifs is 1. The molecule has 3 heterocycles. The molecule has 1 aromatic carbocycles. The van der Waals surface area contributed by atoms with Crippen molar-refractivity contribution in [1.82, 2.24) is 19.4 Å². The fraction of sp³-hybridized carbons (Fsp3) is 0.400. The van der Waals surface area contributed by atoms with E-state index < -0.39 is 29.4 Å². The summed E-state index contributed by atoms with van der Waals surface area (Å²) in [5, 5.41) is 10.2. The third-order valence-electron chi connectivity index (χ3n) is 5.47. The molecule has 0 bridgehead atoms. The largest absolute Gasteiger partial charge is 0.501 e. The van der Waals surface area contributed by atoms with Gasteiger partial charge < -0.3 is 19.3 Å². The number of likely N-dealkylation sites (N-methyl/N-ethyl adjacent to an activating group) is 1. The maximum Gasteiger partial charge on any atom is 0.415 e. The van der Waals surface area contributed by atoms with Crippen molar-refractivity contribution in [2.24, 2.45) is 0 Å². The molecule has 1 atom stereocenters. The Morgan fingerprint density at radius 3 is 2.72 bits per heavy atom. The summed E-state index contributed by atoms with van der Waals surface area (Å²) in [7, 11) is 1.61. The Morgan fingerprint density at radius 2 is 1.97 bits per heavy atom. The van der Waals surface area contributed by atoms with Gasteiger partial charge >= 0.3 is 11.7 Å². The molecular formula is C20H22N4O5. The maximum absolute atomic E-state index is 12.9. The van der Waals surface area contributed by atoms with Gasteiger partial charge in [0.1, 0.15) is 11.6 Å². The average Bonchev–Trinajstić information content (AvgIpc) is 3.18. The average molecular weight is 398 g/mol. The fourth-order valence-electron chi connectivity index (χ4n) is 3.87. The summed E-state index contributed by atoms with van der Waals surface area (Å²) in [5.41, 5.74) is -0.108. The van der Waals surface area contributed by atoms with Crippen LogP contribution >= 0.6 is 0 Å². The maximum atomic E-state index is 12.9. The first-order valence-electron chi connectivity index (χ1n) is 9.51. The minimum Gasteiger partial charge on any atom is -0.501 e. The van der Waals surface area contributed by atoms with Crippen molar-refractivity contribution in [2.75, 3.05) is 20.1 Å². The minimum absolute atomic E-state index is 0.0760. The number of hydrogen-bond acceptors (Lipinski definition) is 6. The molecule has 29 heavy (non-hydrogen) atoms. The molecule has 0 saturated carbocycles. The van der Waals surface area contributed by atoms with Crippen LogP contribution in [0.1, 0.15) is 40.8 Å². The van der Waals surface area contributed by atoms with Crippen molar-refractivity contribution in [3.05, 3.63) is 51.7 Å². The summed E-state index contributed by atoms with van der Waals surface area (Å²) in [6.07, 6.45) is 0.773. The molecule has 2 aliphatic heterocycles. The molecular weight excluding hydrogens is 376 g/mol. The minimum atomic E-state index is -0.867. The van der Waals surface area contributed by atoms with Crippen LogP contribution in [-0.4, -0.2) is 56.6 Å². The van der Waals surface area contributed by atoms with E-state index in [1.165, 1.54) is 9.80 Å². The predicted molar refractivity (Wildman–Crippen MR) is 103 cm³/mol. The molecule has 2 aliphatic rings. The molecule has 0 radical (unpaired) electrons. The van der Waals surface area contributed by atoms with Crippen LogP contribution in [0.2, 0.25) is 0 Å². The number of benzene rings is 1. The topological polar surface area (TPSA) is 105 Å². The van der Waals surface area contributed by atoms with Crippen LogP contribution in [0.15, 0.2) is 29.1 Å². The first-order chi connectivity index (χ1) is 13.9. The Balaban J connectivity index is 1.70. The fourth-order valence-corrected chi connectivity index (χ4v) is 3.87. The molecule has 0 spiro atoms. The highest BCUT2D eigenvalue weighted by Crippen LogP contribution is 2.34. The van der Waals surface area contributed by atoms with Crippen molar-refractivity contribution in [3.63, 3.8) is 0 Å². The zero-order chi connectivity index (χ0) is 20.7. The summed E-state index contributed by atoms with van der Waals surface area (Å²) in [6.45, 7) is 3.10. The summed E-state index contributed by atoms with van der Waals surface area (Å²) in [5.74, 6) is -0.319. The smallest absolute Gasteiger partial charge is 0.415 e. The molecule has 1 unspecified atom stereocenters. The molecule has 2 aromatic rings. The summed E-state index contributed by atoms with van der Waals surface area (Å²) >= 11 is 0. The van der Waals surface area contributed by atoms with Crippen molar-refractivity contribution in [1.29, 1.82) is 0 Å². The number of aryl methyl sites for hydroxylation is 1. The first kappa shape index (κ1) is 19.0. The Morgan fingerprint density at radius 1 is 1.21 bits per heavy atom. The number of aromatic hydroxyl groups is 1. The number of ether oxygens (including phenoxy) is 1. The van der Waals surface area contributed by atoms with Crippen LogP contribution in [0, 0.1) is 6.92 Å². The van der Waals surface area contributed by atoms with Gasteiger partial charge in [-0.15, -0.1) is 0 Å². The second-order valence-corrected chi connectivity index (χ2v) is 7.34. The molecule has 1 N–H and O–H groups in total. The molecule has 2 amide bonds. The van der Waals surface area contributed by atoms with Crippen LogP contribution < -0.4 is 10.3 Å². The van der Waals surface area contributed by atoms with Crippen LogP contribution in [0.5, 0.6) is 11.5 Å². The zero-order valence-corrected chi connectivity index (χ0v) is 16.3. The molecule has 1 aromatic heterocycles. The molecule has 9 heteroatoms. The van der Waals surface area contributed by atoms with Gasteiger partial charge in [-0.25, -0.2) is 4.79 Å². The molecule has 152 valence electrons. The SMILES string of the molecule is Cc1ccccc1OC(=O)N1CCCC1c1nc(=O)c(O)c2n1CCN(C)C2=O. The number of aromatic nitrogens is 2. The van der Waals surface area contributed by atoms with Gasteiger partial charge in [0.05, 0.1) is 6.04 Å². The monoisotopic (exact) mass is 398 g/mol. The zero-order valence-electron chi connectivity index (χ0n) is 16.3. The Labute approximate surface area is 167 Å². The predicted octanol–water partition coefficient (Wildman–Crippen LogP) is 1.68. The van der Waals surface area contributed by atoms with Crippen molar-refractivity contribution >= 4 is 12.0 Å². The lowest BCUT2D eigenvalue weighted by molar-refractivity contribution is 0.0735. The van der Waals surface area contributed by atoms with Gasteiger partial charge in [-0.3, -0.25) is 14.5 Å². The van der Waals surface area contributed by atoms with E-state index in [-0.39, 0.29) is 5.69 Å². The third-order valence-corrected chi connectivity index (χ3v) is 5.47. The Hall–Kier alpha value is -3.36. The first-order valence-corrected chi connectivity index (χ1v) is 9.51. The van der Waals surface area contributed by atoms with E-state index in [0.717, 1.165) is 5.56 Å². The highest BCUT2D eigenvalue weighted by atomic mass is 16.6. The number of amides is 2. The molecule has 4 rings (SSSR count). The van der Waals surface area contributed by atoms with E-state index in [1.54, 1.807) is 23.7 Å². The van der Waals surface area contributed by atoms with Gasteiger partial charge in [0, 0.05) is 26.7 Å². The number of nitrogens with zero attached hydrogens (tertiary/aromatic N) is 4. The van der Waals surface area contributed by atoms with Gasteiger partial charge in [-0.05, 0) is 31.4 Å². The van der Waals surface area contributed by atoms with Gasteiger partial charge in [0.15, 0.2) is 5.69 Å². The lowest BCUT2D eigenvalue weighted by Crippen LogP contribution is -2.43. The summed E-state index contributed by atoms with van der Waals surface area (Å²) < 4.78 is 7.12. The van der Waals surface area contributed by atoms with Gasteiger partial charge in [-0.2, -0.15) is 4.98 Å². The lowest BCUT2D eigenvalue weighted by Gasteiger charge is -2.31. The van der Waals surface area contributed by atoms with Gasteiger partial charge in [0.2, 0.25) is 5.75 Å². The molecule has 1 fully saturated rings. The van der Waals surface area contributed by atoms with Gasteiger partial charge in [-0.1, -0.05) is 18.2 Å². The van der Waals surface area contributed by atoms with Gasteiger partial charge in [0.25, 0.3) is 5.91 Å². The molecule has 0 aliphatic carbocycles. The standard InChI is InChI=1S/C20H22N4O5/c1-12-6-3-4-8-14(12)29-20(28)23-9-5-7-13(23)17-21-18(26)16(25)15-19(27)22(2)10-11-24(15)17/h3-4,6,8,13,25H,5,7,9-11H2,1-2H3. The number of hydrogen-bond donors (Lipinski definition) is 1. The van der Waals surface area contributed by atoms with Crippen LogP contribution in [0.25, 0.3) is 0 Å². The Kier molecular flexibility index (Phi) is 4.73. The van der Waals surface area contributed by atoms with Crippen LogP contribution in [-0.2, 0) is 6.54 Å². The highest BCUT2D eigenvalue weighted by Gasteiger charge is 2.38. The van der Waals surface area contributed by atoms with E-state index in [0.29, 0.717) is 44.0 Å². The number of carbonyl (C=O) groups excluding carboxylic acids is 2. The second kappa shape index (κ2) is 7.23. The quantitative estimate of drug-likeness (QED) is 0.825. The van der Waals surface area contributed by atoms with Crippen molar-refractivity contribution in [3.8, 4) is 11.5 Å². The second-order valence-electron chi connectivity index (χ2n) is 7.34. The molecule has 1 saturated heterocycles. The summed E-state index contributed by atoms with van der Waals surface area (Å²) in [6, 6.07) is 6.71. The van der Waals surface area contributed by atoms with E-state index in [1.807, 2.05) is 19.1 Å². The highest BCUT2D eigenvalue weighted by molar-refractivity contribution is 5.95. The van der Waals surface area contributed by atoms with E-state index >= 15 is 0 Å². The molecule has 9 nitrogen and oxygen atoms in total. The Bertz CT molecular complexity index is 1050. The van der Waals surface area contributed by atoms with E-state index in [2.05, 4.69) is 4.98 Å². The van der Waals surface area contributed by atoms with E-state index in [4.69, 9.17) is 4.74 Å².